The van der Waals surface area contributed by atoms with Crippen LogP contribution >= 0.6 is 0 Å². The Labute approximate surface area is 110 Å². The zero-order valence-corrected chi connectivity index (χ0v) is 10.8. The minimum Gasteiger partial charge on any atom is -0.378 e. The lowest BCUT2D eigenvalue weighted by Crippen LogP contribution is -2.43. The van der Waals surface area contributed by atoms with Crippen molar-refractivity contribution in [3.05, 3.63) is 34.9 Å². The maximum atomic E-state index is 13.6. The Kier molecular flexibility index (Phi) is 4.11. The lowest BCUT2D eigenvalue weighted by molar-refractivity contribution is 0.0777. The van der Waals surface area contributed by atoms with E-state index in [-0.39, 0.29) is 23.3 Å². The van der Waals surface area contributed by atoms with Crippen LogP contribution in [0.4, 0.5) is 8.78 Å². The van der Waals surface area contributed by atoms with E-state index in [9.17, 15) is 13.6 Å². The number of carbonyl (C=O) groups excluding carboxylic acids is 1. The molecule has 104 valence electrons. The van der Waals surface area contributed by atoms with E-state index in [1.54, 1.807) is 7.11 Å². The number of amides is 1. The summed E-state index contributed by atoms with van der Waals surface area (Å²) in [6, 6.07) is 1.72. The third kappa shape index (κ3) is 2.90. The van der Waals surface area contributed by atoms with Gasteiger partial charge in [0.25, 0.3) is 5.91 Å². The number of ether oxygens (including phenoxy) is 1. The lowest BCUT2D eigenvalue weighted by Gasteiger charge is -2.18. The summed E-state index contributed by atoms with van der Waals surface area (Å²) in [6.07, 6.45) is -0.145. The van der Waals surface area contributed by atoms with Crippen molar-refractivity contribution in [2.24, 2.45) is 0 Å². The number of benzene rings is 1. The van der Waals surface area contributed by atoms with Gasteiger partial charge in [-0.05, 0) is 18.6 Å². The number of hydrogen-bond acceptors (Lipinski definition) is 3. The number of carbonyl (C=O) groups is 1. The van der Waals surface area contributed by atoms with Crippen molar-refractivity contribution < 1.29 is 18.3 Å². The molecule has 1 heterocycles. The summed E-state index contributed by atoms with van der Waals surface area (Å²) in [5, 5.41) is 5.77. The van der Waals surface area contributed by atoms with Gasteiger partial charge in [0.1, 0.15) is 11.6 Å². The SMILES string of the molecule is COC1CNCC1NC(=O)c1cc(C)c(F)cc1F. The topological polar surface area (TPSA) is 50.4 Å². The first-order valence-corrected chi connectivity index (χ1v) is 6.03. The van der Waals surface area contributed by atoms with Gasteiger partial charge in [-0.2, -0.15) is 0 Å². The van der Waals surface area contributed by atoms with Crippen LogP contribution in [0, 0.1) is 18.6 Å². The molecule has 0 bridgehead atoms. The molecule has 0 radical (unpaired) electrons. The van der Waals surface area contributed by atoms with Crippen LogP contribution in [0.2, 0.25) is 0 Å². The minimum absolute atomic E-state index is 0.145. The van der Waals surface area contributed by atoms with E-state index in [4.69, 9.17) is 4.74 Å². The molecule has 1 aromatic carbocycles. The van der Waals surface area contributed by atoms with Gasteiger partial charge in [0.05, 0.1) is 17.7 Å². The minimum atomic E-state index is -0.861. The van der Waals surface area contributed by atoms with E-state index in [1.165, 1.54) is 13.0 Å². The van der Waals surface area contributed by atoms with E-state index in [1.807, 2.05) is 0 Å². The summed E-state index contributed by atoms with van der Waals surface area (Å²) in [4.78, 5) is 12.0. The molecule has 19 heavy (non-hydrogen) atoms. The second-order valence-electron chi connectivity index (χ2n) is 4.59. The Bertz CT molecular complexity index is 494. The lowest BCUT2D eigenvalue weighted by atomic mass is 10.1. The molecule has 1 aromatic rings. The predicted molar refractivity (Wildman–Crippen MR) is 66.0 cm³/mol. The first kappa shape index (κ1) is 13.9. The fourth-order valence-electron chi connectivity index (χ4n) is 2.12. The Morgan fingerprint density at radius 1 is 1.37 bits per heavy atom. The Morgan fingerprint density at radius 3 is 2.79 bits per heavy atom. The van der Waals surface area contributed by atoms with Gasteiger partial charge in [-0.3, -0.25) is 4.79 Å². The van der Waals surface area contributed by atoms with Crippen molar-refractivity contribution in [1.29, 1.82) is 0 Å². The molecule has 1 aliphatic rings. The van der Waals surface area contributed by atoms with Crippen LogP contribution in [0.15, 0.2) is 12.1 Å². The molecule has 0 spiro atoms. The number of nitrogens with one attached hydrogen (secondary N) is 2. The highest BCUT2D eigenvalue weighted by molar-refractivity contribution is 5.95. The van der Waals surface area contributed by atoms with Crippen molar-refractivity contribution in [2.75, 3.05) is 20.2 Å². The Hall–Kier alpha value is -1.53. The molecule has 2 atom stereocenters. The van der Waals surface area contributed by atoms with Crippen LogP contribution < -0.4 is 10.6 Å². The second kappa shape index (κ2) is 5.63. The van der Waals surface area contributed by atoms with Crippen molar-refractivity contribution >= 4 is 5.91 Å². The fraction of sp³-hybridized carbons (Fsp3) is 0.462. The number of halogens is 2. The highest BCUT2D eigenvalue weighted by Crippen LogP contribution is 2.15. The van der Waals surface area contributed by atoms with Crippen LogP contribution in [-0.2, 0) is 4.74 Å². The van der Waals surface area contributed by atoms with Crippen LogP contribution in [-0.4, -0.2) is 38.3 Å². The maximum absolute atomic E-state index is 13.6. The fourth-order valence-corrected chi connectivity index (χ4v) is 2.12. The smallest absolute Gasteiger partial charge is 0.254 e. The van der Waals surface area contributed by atoms with E-state index in [0.29, 0.717) is 13.1 Å². The molecule has 0 saturated carbocycles. The average Bonchev–Trinajstić information content (AvgIpc) is 2.80. The molecular formula is C13H16F2N2O2. The van der Waals surface area contributed by atoms with E-state index < -0.39 is 17.5 Å². The first-order chi connectivity index (χ1) is 9.02. The summed E-state index contributed by atoms with van der Waals surface area (Å²) in [6.45, 7) is 2.68. The molecular weight excluding hydrogens is 254 g/mol. The van der Waals surface area contributed by atoms with Gasteiger partial charge < -0.3 is 15.4 Å². The van der Waals surface area contributed by atoms with Crippen molar-refractivity contribution in [3.63, 3.8) is 0 Å². The molecule has 1 amide bonds. The van der Waals surface area contributed by atoms with Gasteiger partial charge in [-0.15, -0.1) is 0 Å². The highest BCUT2D eigenvalue weighted by atomic mass is 19.1. The van der Waals surface area contributed by atoms with Crippen LogP contribution in [0.3, 0.4) is 0 Å². The molecule has 0 aromatic heterocycles. The molecule has 0 aliphatic carbocycles. The second-order valence-corrected chi connectivity index (χ2v) is 4.59. The molecule has 1 saturated heterocycles. The van der Waals surface area contributed by atoms with Crippen molar-refractivity contribution in [1.82, 2.24) is 10.6 Å². The molecule has 4 nitrogen and oxygen atoms in total. The quantitative estimate of drug-likeness (QED) is 0.861. The number of methoxy groups -OCH3 is 1. The predicted octanol–water partition coefficient (Wildman–Crippen LogP) is 0.990. The molecule has 1 aliphatic heterocycles. The largest absolute Gasteiger partial charge is 0.378 e. The summed E-state index contributed by atoms with van der Waals surface area (Å²) >= 11 is 0. The number of hydrogen-bond donors (Lipinski definition) is 2. The van der Waals surface area contributed by atoms with E-state index >= 15 is 0 Å². The van der Waals surface area contributed by atoms with Gasteiger partial charge in [0, 0.05) is 26.3 Å². The highest BCUT2D eigenvalue weighted by Gasteiger charge is 2.29. The maximum Gasteiger partial charge on any atom is 0.254 e. The normalized spacial score (nSPS) is 22.5. The summed E-state index contributed by atoms with van der Waals surface area (Å²) in [7, 11) is 1.56. The number of rotatable bonds is 3. The van der Waals surface area contributed by atoms with Gasteiger partial charge in [0.15, 0.2) is 0 Å². The summed E-state index contributed by atoms with van der Waals surface area (Å²) < 4.78 is 31.9. The van der Waals surface area contributed by atoms with Gasteiger partial charge >= 0.3 is 0 Å². The Morgan fingerprint density at radius 2 is 2.11 bits per heavy atom. The molecule has 1 fully saturated rings. The zero-order chi connectivity index (χ0) is 14.0. The van der Waals surface area contributed by atoms with Crippen molar-refractivity contribution in [3.8, 4) is 0 Å². The molecule has 2 N–H and O–H groups in total. The molecule has 6 heteroatoms. The molecule has 2 rings (SSSR count). The van der Waals surface area contributed by atoms with Gasteiger partial charge in [0.2, 0.25) is 0 Å². The monoisotopic (exact) mass is 270 g/mol. The van der Waals surface area contributed by atoms with Gasteiger partial charge in [-0.25, -0.2) is 8.78 Å². The van der Waals surface area contributed by atoms with Crippen molar-refractivity contribution in [2.45, 2.75) is 19.1 Å². The standard InChI is InChI=1S/C13H16F2N2O2/c1-7-3-8(10(15)4-9(7)14)13(18)17-11-5-16-6-12(11)19-2/h3-4,11-12,16H,5-6H2,1-2H3,(H,17,18). The third-order valence-corrected chi connectivity index (χ3v) is 3.27. The molecule has 2 unspecified atom stereocenters. The zero-order valence-electron chi connectivity index (χ0n) is 10.8. The van der Waals surface area contributed by atoms with E-state index in [0.717, 1.165) is 6.07 Å². The van der Waals surface area contributed by atoms with Crippen LogP contribution in [0.1, 0.15) is 15.9 Å². The average molecular weight is 270 g/mol. The summed E-state index contributed by atoms with van der Waals surface area (Å²) in [5.74, 6) is -2.08. The summed E-state index contributed by atoms with van der Waals surface area (Å²) in [5.41, 5.74) is 0.0834. The van der Waals surface area contributed by atoms with E-state index in [2.05, 4.69) is 10.6 Å². The van der Waals surface area contributed by atoms with Gasteiger partial charge in [-0.1, -0.05) is 0 Å². The Balaban J connectivity index is 2.14. The third-order valence-electron chi connectivity index (χ3n) is 3.27. The van der Waals surface area contributed by atoms with Crippen LogP contribution in [0.5, 0.6) is 0 Å². The van der Waals surface area contributed by atoms with Crippen LogP contribution in [0.25, 0.3) is 0 Å². The first-order valence-electron chi connectivity index (χ1n) is 6.03. The number of aryl methyl sites for hydroxylation is 1.